The van der Waals surface area contributed by atoms with Gasteiger partial charge >= 0.3 is 0 Å². The number of likely N-dealkylation sites (tertiary alicyclic amines) is 1. The maximum Gasteiger partial charge on any atom is 0.230 e. The molecular formula is C21H30N4O3. The van der Waals surface area contributed by atoms with Gasteiger partial charge in [0.1, 0.15) is 5.60 Å². The average molecular weight is 386 g/mol. The lowest BCUT2D eigenvalue weighted by Crippen LogP contribution is -2.44. The van der Waals surface area contributed by atoms with E-state index in [-0.39, 0.29) is 17.9 Å². The van der Waals surface area contributed by atoms with Gasteiger partial charge in [-0.15, -0.1) is 0 Å². The monoisotopic (exact) mass is 386 g/mol. The van der Waals surface area contributed by atoms with E-state index in [1.165, 1.54) is 0 Å². The normalized spacial score (nSPS) is 30.5. The van der Waals surface area contributed by atoms with E-state index in [1.54, 1.807) is 11.9 Å². The summed E-state index contributed by atoms with van der Waals surface area (Å²) in [7, 11) is 1.77. The lowest BCUT2D eigenvalue weighted by molar-refractivity contribution is -0.143. The zero-order valence-corrected chi connectivity index (χ0v) is 17.1. The molecule has 2 unspecified atom stereocenters. The van der Waals surface area contributed by atoms with Crippen LogP contribution >= 0.6 is 0 Å². The zero-order chi connectivity index (χ0) is 20.1. The number of nitrogens with zero attached hydrogens (tertiary/aromatic N) is 3. The number of nitrogens with one attached hydrogen (secondary N) is 1. The first-order valence-electron chi connectivity index (χ1n) is 10.3. The number of H-pyrrole nitrogens is 1. The van der Waals surface area contributed by atoms with Crippen molar-refractivity contribution in [3.05, 3.63) is 29.6 Å². The molecule has 1 spiro atoms. The number of amides is 2. The molecule has 0 aromatic carbocycles. The SMILES string of the molecule is CCC(CC)CN1C[C@]23C=C[C@H](O2)C(C(=O)N(C)Cc2cc(C)[nH]n2)C3C1=O. The van der Waals surface area contributed by atoms with E-state index >= 15 is 0 Å². The highest BCUT2D eigenvalue weighted by atomic mass is 16.5. The molecule has 2 amide bonds. The van der Waals surface area contributed by atoms with Crippen molar-refractivity contribution in [3.63, 3.8) is 0 Å². The van der Waals surface area contributed by atoms with Crippen molar-refractivity contribution in [2.75, 3.05) is 20.1 Å². The van der Waals surface area contributed by atoms with E-state index in [9.17, 15) is 9.59 Å². The van der Waals surface area contributed by atoms with E-state index in [0.29, 0.717) is 19.0 Å². The molecule has 4 atom stereocenters. The summed E-state index contributed by atoms with van der Waals surface area (Å²) in [6.07, 6.45) is 5.78. The topological polar surface area (TPSA) is 78.5 Å². The van der Waals surface area contributed by atoms with Crippen molar-refractivity contribution >= 4 is 11.8 Å². The van der Waals surface area contributed by atoms with Crippen LogP contribution in [0.3, 0.4) is 0 Å². The van der Waals surface area contributed by atoms with Crippen molar-refractivity contribution in [1.29, 1.82) is 0 Å². The van der Waals surface area contributed by atoms with Crippen LogP contribution in [0.5, 0.6) is 0 Å². The molecule has 0 radical (unpaired) electrons. The minimum absolute atomic E-state index is 0.0420. The Hall–Kier alpha value is -2.15. The number of rotatable bonds is 7. The number of hydrogen-bond donors (Lipinski definition) is 1. The Bertz CT molecular complexity index is 799. The lowest BCUT2D eigenvalue weighted by Gasteiger charge is -2.27. The van der Waals surface area contributed by atoms with Crippen molar-refractivity contribution in [2.24, 2.45) is 17.8 Å². The number of ether oxygens (including phenoxy) is 1. The van der Waals surface area contributed by atoms with Gasteiger partial charge in [-0.1, -0.05) is 38.8 Å². The first-order valence-corrected chi connectivity index (χ1v) is 10.3. The molecule has 28 heavy (non-hydrogen) atoms. The lowest BCUT2D eigenvalue weighted by atomic mass is 9.76. The Kier molecular flexibility index (Phi) is 4.81. The van der Waals surface area contributed by atoms with Crippen molar-refractivity contribution in [2.45, 2.75) is 51.9 Å². The summed E-state index contributed by atoms with van der Waals surface area (Å²) in [6, 6.07) is 1.93. The van der Waals surface area contributed by atoms with Gasteiger partial charge in [-0.05, 0) is 18.9 Å². The maximum absolute atomic E-state index is 13.3. The third kappa shape index (κ3) is 2.96. The first-order chi connectivity index (χ1) is 13.4. The van der Waals surface area contributed by atoms with Gasteiger partial charge in [-0.25, -0.2) is 0 Å². The summed E-state index contributed by atoms with van der Waals surface area (Å²) in [4.78, 5) is 30.1. The van der Waals surface area contributed by atoms with Crippen LogP contribution in [0.1, 0.15) is 38.1 Å². The van der Waals surface area contributed by atoms with Crippen LogP contribution in [-0.2, 0) is 20.9 Å². The molecule has 7 heteroatoms. The maximum atomic E-state index is 13.3. The van der Waals surface area contributed by atoms with E-state index in [4.69, 9.17) is 4.74 Å². The highest BCUT2D eigenvalue weighted by molar-refractivity contribution is 5.93. The van der Waals surface area contributed by atoms with E-state index in [0.717, 1.165) is 30.8 Å². The third-order valence-electron chi connectivity index (χ3n) is 6.63. The van der Waals surface area contributed by atoms with Gasteiger partial charge in [-0.3, -0.25) is 14.7 Å². The highest BCUT2D eigenvalue weighted by Gasteiger charge is 2.67. The molecule has 4 rings (SSSR count). The van der Waals surface area contributed by atoms with Gasteiger partial charge in [0.2, 0.25) is 11.8 Å². The van der Waals surface area contributed by atoms with Crippen LogP contribution in [-0.4, -0.2) is 63.7 Å². The summed E-state index contributed by atoms with van der Waals surface area (Å²) in [6.45, 7) is 7.98. The molecule has 2 bridgehead atoms. The van der Waals surface area contributed by atoms with Gasteiger partial charge in [0.15, 0.2) is 0 Å². The van der Waals surface area contributed by atoms with Crippen LogP contribution in [0, 0.1) is 24.7 Å². The smallest absolute Gasteiger partial charge is 0.230 e. The quantitative estimate of drug-likeness (QED) is 0.726. The third-order valence-corrected chi connectivity index (χ3v) is 6.63. The van der Waals surface area contributed by atoms with Gasteiger partial charge in [0.05, 0.1) is 36.7 Å². The summed E-state index contributed by atoms with van der Waals surface area (Å²) in [5.41, 5.74) is 1.15. The molecule has 0 aliphatic carbocycles. The number of aryl methyl sites for hydroxylation is 1. The molecule has 3 aliphatic rings. The number of hydrogen-bond acceptors (Lipinski definition) is 4. The molecule has 152 valence electrons. The van der Waals surface area contributed by atoms with Crippen LogP contribution in [0.2, 0.25) is 0 Å². The van der Waals surface area contributed by atoms with E-state index in [1.807, 2.05) is 30.0 Å². The Morgan fingerprint density at radius 2 is 2.21 bits per heavy atom. The molecule has 1 N–H and O–H groups in total. The Balaban J connectivity index is 1.52. The van der Waals surface area contributed by atoms with E-state index in [2.05, 4.69) is 24.0 Å². The molecule has 7 nitrogen and oxygen atoms in total. The second kappa shape index (κ2) is 7.03. The fourth-order valence-electron chi connectivity index (χ4n) is 5.00. The van der Waals surface area contributed by atoms with Crippen LogP contribution in [0.4, 0.5) is 0 Å². The number of fused-ring (bicyclic) bond motifs is 1. The Morgan fingerprint density at radius 1 is 1.46 bits per heavy atom. The minimum atomic E-state index is -0.627. The summed E-state index contributed by atoms with van der Waals surface area (Å²) >= 11 is 0. The van der Waals surface area contributed by atoms with Gasteiger partial charge in [-0.2, -0.15) is 5.10 Å². The number of carbonyl (C=O) groups excluding carboxylic acids is 2. The molecule has 1 aromatic rings. The molecule has 3 aliphatic heterocycles. The minimum Gasteiger partial charge on any atom is -0.360 e. The predicted molar refractivity (Wildman–Crippen MR) is 104 cm³/mol. The van der Waals surface area contributed by atoms with Crippen LogP contribution in [0.15, 0.2) is 18.2 Å². The molecule has 4 heterocycles. The van der Waals surface area contributed by atoms with Crippen molar-refractivity contribution < 1.29 is 14.3 Å². The predicted octanol–water partition coefficient (Wildman–Crippen LogP) is 1.89. The molecule has 0 saturated carbocycles. The fraction of sp³-hybridized carbons (Fsp3) is 0.667. The van der Waals surface area contributed by atoms with Crippen LogP contribution in [0.25, 0.3) is 0 Å². The standard InChI is InChI=1S/C21H30N4O3/c1-5-14(6-2)10-25-12-21-8-7-16(28-21)17(18(21)20(25)27)19(26)24(4)11-15-9-13(3)22-23-15/h7-9,14,16-18H,5-6,10-12H2,1-4H3,(H,22,23)/t16-,17?,18?,21-/m0/s1. The second-order valence-electron chi connectivity index (χ2n) is 8.54. The fourth-order valence-corrected chi connectivity index (χ4v) is 5.00. The van der Waals surface area contributed by atoms with Gasteiger partial charge in [0, 0.05) is 19.3 Å². The van der Waals surface area contributed by atoms with Gasteiger partial charge in [0.25, 0.3) is 0 Å². The van der Waals surface area contributed by atoms with Crippen molar-refractivity contribution in [3.8, 4) is 0 Å². The van der Waals surface area contributed by atoms with Gasteiger partial charge < -0.3 is 14.5 Å². The number of carbonyl (C=O) groups is 2. The molecule has 2 fully saturated rings. The van der Waals surface area contributed by atoms with E-state index < -0.39 is 17.4 Å². The number of aromatic nitrogens is 2. The molecule has 2 saturated heterocycles. The zero-order valence-electron chi connectivity index (χ0n) is 17.1. The summed E-state index contributed by atoms with van der Waals surface area (Å²) in [5.74, 6) is -0.345. The average Bonchev–Trinajstić information content (AvgIpc) is 3.41. The Morgan fingerprint density at radius 3 is 2.86 bits per heavy atom. The van der Waals surface area contributed by atoms with Crippen LogP contribution < -0.4 is 0 Å². The Labute approximate surface area is 166 Å². The second-order valence-corrected chi connectivity index (χ2v) is 8.54. The highest BCUT2D eigenvalue weighted by Crippen LogP contribution is 2.52. The summed E-state index contributed by atoms with van der Waals surface area (Å²) < 4.78 is 6.23. The summed E-state index contributed by atoms with van der Waals surface area (Å²) in [5, 5.41) is 7.12. The first kappa shape index (κ1) is 19.2. The largest absolute Gasteiger partial charge is 0.360 e. The van der Waals surface area contributed by atoms with Crippen molar-refractivity contribution in [1.82, 2.24) is 20.0 Å². The molecular weight excluding hydrogens is 356 g/mol. The molecule has 1 aromatic heterocycles. The number of aromatic amines is 1.